The molecular formula is C24H24ClFeN4O2-. The largest absolute Gasteiger partial charge is 1.00 e. The molecule has 3 aromatic rings. The van der Waals surface area contributed by atoms with Crippen molar-refractivity contribution in [3.63, 3.8) is 0 Å². The first-order chi connectivity index (χ1) is 14.2. The molecule has 0 atom stereocenters. The molecular weight excluding hydrogens is 468 g/mol. The van der Waals surface area contributed by atoms with Crippen molar-refractivity contribution >= 4 is 28.5 Å². The topological polar surface area (TPSA) is 80.8 Å². The van der Waals surface area contributed by atoms with E-state index >= 15 is 0 Å². The van der Waals surface area contributed by atoms with Crippen LogP contribution in [-0.4, -0.2) is 21.3 Å². The number of aliphatic imine (C=N–C) groups is 2. The molecule has 0 aliphatic heterocycles. The third kappa shape index (κ3) is 6.57. The standard InChI is InChI=1S/C24H24N4O2.ClH.Fe/c1-15-13-16(2)24(17(3)14-15)26-19(5)23-8-6-7-22(27-23)18(4)25-20-9-11-21(12-10-20)28(29)30;;/h6-14H,1-5H3;1H;/p-1. The van der Waals surface area contributed by atoms with Crippen LogP contribution in [0.5, 0.6) is 0 Å². The van der Waals surface area contributed by atoms with Crippen LogP contribution in [0.15, 0.2) is 64.6 Å². The van der Waals surface area contributed by atoms with E-state index in [1.165, 1.54) is 17.7 Å². The van der Waals surface area contributed by atoms with Crippen LogP contribution in [0.1, 0.15) is 41.9 Å². The van der Waals surface area contributed by atoms with Crippen LogP contribution in [0, 0.1) is 30.9 Å². The summed E-state index contributed by atoms with van der Waals surface area (Å²) in [5.41, 5.74) is 8.22. The molecule has 0 unspecified atom stereocenters. The summed E-state index contributed by atoms with van der Waals surface area (Å²) in [6, 6.07) is 16.2. The normalized spacial score (nSPS) is 11.4. The number of benzene rings is 2. The van der Waals surface area contributed by atoms with Gasteiger partial charge in [-0.05, 0) is 70.0 Å². The van der Waals surface area contributed by atoms with Crippen molar-refractivity contribution in [2.75, 3.05) is 0 Å². The second-order valence-corrected chi connectivity index (χ2v) is 7.32. The molecule has 8 heteroatoms. The van der Waals surface area contributed by atoms with Crippen molar-refractivity contribution in [1.82, 2.24) is 4.98 Å². The Balaban J connectivity index is 0.00000256. The Morgan fingerprint density at radius 3 is 1.88 bits per heavy atom. The molecule has 1 aromatic heterocycles. The number of nitro benzene ring substituents is 1. The zero-order valence-corrected chi connectivity index (χ0v) is 20.4. The number of hydrogen-bond acceptors (Lipinski definition) is 5. The van der Waals surface area contributed by atoms with Crippen LogP contribution in [0.25, 0.3) is 0 Å². The molecule has 0 aliphatic carbocycles. The van der Waals surface area contributed by atoms with Gasteiger partial charge < -0.3 is 12.4 Å². The first kappa shape index (κ1) is 27.2. The Hall–Kier alpha value is -2.86. The number of aryl methyl sites for hydroxylation is 3. The van der Waals surface area contributed by atoms with Gasteiger partial charge in [-0.25, -0.2) is 4.98 Å². The van der Waals surface area contributed by atoms with Gasteiger partial charge in [0.25, 0.3) is 5.69 Å². The average molecular weight is 492 g/mol. The van der Waals surface area contributed by atoms with Gasteiger partial charge in [0, 0.05) is 29.2 Å². The van der Waals surface area contributed by atoms with Crippen molar-refractivity contribution in [2.45, 2.75) is 34.6 Å². The van der Waals surface area contributed by atoms with Crippen LogP contribution in [0.2, 0.25) is 0 Å². The van der Waals surface area contributed by atoms with Gasteiger partial charge in [-0.15, -0.1) is 0 Å². The monoisotopic (exact) mass is 491 g/mol. The molecule has 0 aliphatic rings. The summed E-state index contributed by atoms with van der Waals surface area (Å²) in [5, 5.41) is 10.8. The quantitative estimate of drug-likeness (QED) is 0.238. The van der Waals surface area contributed by atoms with Crippen molar-refractivity contribution in [1.29, 1.82) is 0 Å². The number of rotatable bonds is 5. The number of hydrogen-bond donors (Lipinski definition) is 0. The third-order valence-corrected chi connectivity index (χ3v) is 4.76. The first-order valence-corrected chi connectivity index (χ1v) is 9.65. The van der Waals surface area contributed by atoms with Gasteiger partial charge in [0.15, 0.2) is 0 Å². The Morgan fingerprint density at radius 1 is 0.875 bits per heavy atom. The Bertz CT molecular complexity index is 1150. The number of nitro groups is 1. The zero-order chi connectivity index (χ0) is 21.8. The molecule has 0 N–H and O–H groups in total. The van der Waals surface area contributed by atoms with Crippen molar-refractivity contribution in [3.05, 3.63) is 92.8 Å². The predicted molar refractivity (Wildman–Crippen MR) is 122 cm³/mol. The van der Waals surface area contributed by atoms with Crippen molar-refractivity contribution in [3.8, 4) is 0 Å². The van der Waals surface area contributed by atoms with Crippen LogP contribution in [-0.2, 0) is 17.1 Å². The fourth-order valence-corrected chi connectivity index (χ4v) is 3.31. The first-order valence-electron chi connectivity index (χ1n) is 9.65. The summed E-state index contributed by atoms with van der Waals surface area (Å²) in [5.74, 6) is 0. The number of aromatic nitrogens is 1. The number of halogens is 1. The molecule has 32 heavy (non-hydrogen) atoms. The molecule has 0 saturated heterocycles. The molecule has 0 spiro atoms. The second kappa shape index (κ2) is 11.7. The van der Waals surface area contributed by atoms with E-state index in [0.717, 1.165) is 39.6 Å². The van der Waals surface area contributed by atoms with Crippen molar-refractivity contribution < 1.29 is 34.4 Å². The second-order valence-electron chi connectivity index (χ2n) is 7.32. The molecule has 0 bridgehead atoms. The maximum atomic E-state index is 10.8. The zero-order valence-electron chi connectivity index (χ0n) is 18.5. The summed E-state index contributed by atoms with van der Waals surface area (Å²) in [6.45, 7) is 10.0. The predicted octanol–water partition coefficient (Wildman–Crippen LogP) is 3.20. The summed E-state index contributed by atoms with van der Waals surface area (Å²) in [6.07, 6.45) is 0. The molecule has 0 fully saturated rings. The average Bonchev–Trinajstić information content (AvgIpc) is 2.71. The van der Waals surface area contributed by atoms with E-state index in [1.807, 2.05) is 32.0 Å². The van der Waals surface area contributed by atoms with Gasteiger partial charge in [-0.3, -0.25) is 20.1 Å². The molecule has 0 amide bonds. The maximum absolute atomic E-state index is 10.8. The Labute approximate surface area is 205 Å². The van der Waals surface area contributed by atoms with Gasteiger partial charge >= 0.3 is 0 Å². The van der Waals surface area contributed by atoms with E-state index in [2.05, 4.69) is 37.9 Å². The molecule has 2 aromatic carbocycles. The van der Waals surface area contributed by atoms with Crippen LogP contribution in [0.3, 0.4) is 0 Å². The molecule has 3 rings (SSSR count). The SMILES string of the molecule is CC(=Nc1ccc([N+](=O)[O-])cc1)c1cccc(C(C)=Nc2c(C)cc(C)cc2C)n1.[Cl-].[Fe]. The van der Waals surface area contributed by atoms with Gasteiger partial charge in [0.05, 0.1) is 39.1 Å². The van der Waals surface area contributed by atoms with E-state index in [4.69, 9.17) is 9.98 Å². The van der Waals surface area contributed by atoms with Crippen LogP contribution in [0.4, 0.5) is 17.1 Å². The fourth-order valence-electron chi connectivity index (χ4n) is 3.31. The number of nitrogens with zero attached hydrogens (tertiary/aromatic N) is 4. The minimum atomic E-state index is -0.426. The fraction of sp³-hybridized carbons (Fsp3) is 0.208. The van der Waals surface area contributed by atoms with Crippen molar-refractivity contribution in [2.24, 2.45) is 9.98 Å². The van der Waals surface area contributed by atoms with Gasteiger partial charge in [-0.2, -0.15) is 0 Å². The van der Waals surface area contributed by atoms with E-state index in [0.29, 0.717) is 5.69 Å². The Kier molecular flexibility index (Phi) is 9.91. The molecule has 0 radical (unpaired) electrons. The van der Waals surface area contributed by atoms with E-state index in [1.54, 1.807) is 12.1 Å². The minimum absolute atomic E-state index is 0. The summed E-state index contributed by atoms with van der Waals surface area (Å²) >= 11 is 0. The molecule has 1 heterocycles. The van der Waals surface area contributed by atoms with Crippen LogP contribution < -0.4 is 12.4 Å². The summed E-state index contributed by atoms with van der Waals surface area (Å²) < 4.78 is 0. The van der Waals surface area contributed by atoms with E-state index in [-0.39, 0.29) is 35.2 Å². The number of pyridine rings is 1. The van der Waals surface area contributed by atoms with Crippen LogP contribution >= 0.6 is 0 Å². The van der Waals surface area contributed by atoms with Gasteiger partial charge in [0.2, 0.25) is 0 Å². The molecule has 168 valence electrons. The Morgan fingerprint density at radius 2 is 1.38 bits per heavy atom. The van der Waals surface area contributed by atoms with Gasteiger partial charge in [-0.1, -0.05) is 23.8 Å². The third-order valence-electron chi connectivity index (χ3n) is 4.76. The minimum Gasteiger partial charge on any atom is -1.00 e. The van der Waals surface area contributed by atoms with Gasteiger partial charge in [0.1, 0.15) is 0 Å². The van der Waals surface area contributed by atoms with E-state index in [9.17, 15) is 10.1 Å². The summed E-state index contributed by atoms with van der Waals surface area (Å²) in [7, 11) is 0. The smallest absolute Gasteiger partial charge is 0.269 e. The van der Waals surface area contributed by atoms with E-state index < -0.39 is 4.92 Å². The molecule has 0 saturated carbocycles. The molecule has 6 nitrogen and oxygen atoms in total. The summed E-state index contributed by atoms with van der Waals surface area (Å²) in [4.78, 5) is 24.5. The number of non-ortho nitro benzene ring substituents is 1. The maximum Gasteiger partial charge on any atom is 0.269 e.